The Bertz CT molecular complexity index is 908. The number of halogens is 2. The predicted molar refractivity (Wildman–Crippen MR) is 95.8 cm³/mol. The highest BCUT2D eigenvalue weighted by Crippen LogP contribution is 2.16. The second-order valence-corrected chi connectivity index (χ2v) is 5.93. The maximum atomic E-state index is 13.1. The number of ether oxygens (including phenoxy) is 2. The van der Waals surface area contributed by atoms with Crippen LogP contribution in [0.4, 0.5) is 14.5 Å². The Morgan fingerprint density at radius 2 is 1.79 bits per heavy atom. The molecule has 28 heavy (non-hydrogen) atoms. The van der Waals surface area contributed by atoms with Gasteiger partial charge in [-0.15, -0.1) is 0 Å². The number of carbonyl (C=O) groups excluding carboxylic acids is 3. The van der Waals surface area contributed by atoms with Crippen LogP contribution in [0, 0.1) is 25.5 Å². The molecule has 1 aromatic heterocycles. The molecule has 0 radical (unpaired) electrons. The van der Waals surface area contributed by atoms with Gasteiger partial charge in [0.25, 0.3) is 5.91 Å². The molecule has 1 N–H and O–H groups in total. The molecule has 0 unspecified atom stereocenters. The van der Waals surface area contributed by atoms with Crippen LogP contribution in [0.1, 0.15) is 28.7 Å². The van der Waals surface area contributed by atoms with Gasteiger partial charge in [0.2, 0.25) is 0 Å². The van der Waals surface area contributed by atoms with E-state index < -0.39 is 36.1 Å². The minimum Gasteiger partial charge on any atom is -0.462 e. The molecule has 0 saturated carbocycles. The predicted octanol–water partition coefficient (Wildman–Crippen LogP) is 2.74. The van der Waals surface area contributed by atoms with E-state index in [0.29, 0.717) is 17.0 Å². The molecule has 1 aromatic carbocycles. The van der Waals surface area contributed by atoms with Crippen LogP contribution < -0.4 is 5.32 Å². The summed E-state index contributed by atoms with van der Waals surface area (Å²) in [6.45, 7) is 4.52. The summed E-state index contributed by atoms with van der Waals surface area (Å²) < 4.78 is 37.4. The SMILES string of the molecule is CCOC(=O)c1cc(C)n(CC(=O)OCC(=O)Nc2ccc(F)c(F)c2)c1C. The number of nitrogens with zero attached hydrogens (tertiary/aromatic N) is 1. The fourth-order valence-corrected chi connectivity index (χ4v) is 2.55. The Hall–Kier alpha value is -3.23. The van der Waals surface area contributed by atoms with Crippen LogP contribution in [-0.2, 0) is 25.6 Å². The zero-order chi connectivity index (χ0) is 20.8. The zero-order valence-corrected chi connectivity index (χ0v) is 15.7. The number of aryl methyl sites for hydroxylation is 1. The second kappa shape index (κ2) is 9.12. The highest BCUT2D eigenvalue weighted by Gasteiger charge is 2.19. The number of nitrogens with one attached hydrogen (secondary N) is 1. The number of anilines is 1. The van der Waals surface area contributed by atoms with Gasteiger partial charge < -0.3 is 19.4 Å². The first-order valence-electron chi connectivity index (χ1n) is 8.47. The molecule has 0 aliphatic heterocycles. The van der Waals surface area contributed by atoms with Crippen LogP contribution in [0.2, 0.25) is 0 Å². The molecule has 0 aliphatic carbocycles. The summed E-state index contributed by atoms with van der Waals surface area (Å²) in [6, 6.07) is 4.48. The van der Waals surface area contributed by atoms with Crippen molar-refractivity contribution in [2.75, 3.05) is 18.5 Å². The van der Waals surface area contributed by atoms with E-state index in [0.717, 1.165) is 12.1 Å². The third kappa shape index (κ3) is 5.15. The van der Waals surface area contributed by atoms with Gasteiger partial charge in [0, 0.05) is 23.1 Å². The maximum absolute atomic E-state index is 13.1. The molecular formula is C19H20F2N2O5. The average Bonchev–Trinajstić information content (AvgIpc) is 2.91. The van der Waals surface area contributed by atoms with Crippen molar-refractivity contribution in [2.45, 2.75) is 27.3 Å². The van der Waals surface area contributed by atoms with E-state index in [1.807, 2.05) is 0 Å². The van der Waals surface area contributed by atoms with Gasteiger partial charge in [0.05, 0.1) is 12.2 Å². The lowest BCUT2D eigenvalue weighted by atomic mass is 10.2. The molecule has 0 atom stereocenters. The van der Waals surface area contributed by atoms with Crippen LogP contribution in [0.3, 0.4) is 0 Å². The van der Waals surface area contributed by atoms with Crippen molar-refractivity contribution in [2.24, 2.45) is 0 Å². The normalized spacial score (nSPS) is 10.5. The standard InChI is InChI=1S/C19H20F2N2O5/c1-4-27-19(26)14-7-11(2)23(12(14)3)9-18(25)28-10-17(24)22-13-5-6-15(20)16(21)8-13/h5-8H,4,9-10H2,1-3H3,(H,22,24). The van der Waals surface area contributed by atoms with E-state index in [1.165, 1.54) is 6.07 Å². The van der Waals surface area contributed by atoms with Gasteiger partial charge in [0.1, 0.15) is 6.54 Å². The summed E-state index contributed by atoms with van der Waals surface area (Å²) in [5, 5.41) is 2.29. The van der Waals surface area contributed by atoms with Crippen LogP contribution in [0.5, 0.6) is 0 Å². The topological polar surface area (TPSA) is 86.6 Å². The minimum atomic E-state index is -1.11. The molecule has 0 spiro atoms. The van der Waals surface area contributed by atoms with Gasteiger partial charge in [-0.2, -0.15) is 0 Å². The molecule has 2 aromatic rings. The van der Waals surface area contributed by atoms with Crippen LogP contribution in [0.15, 0.2) is 24.3 Å². The summed E-state index contributed by atoms with van der Waals surface area (Å²) in [5.41, 5.74) is 1.59. The van der Waals surface area contributed by atoms with E-state index in [4.69, 9.17) is 9.47 Å². The molecule has 0 saturated heterocycles. The third-order valence-corrected chi connectivity index (χ3v) is 3.92. The summed E-state index contributed by atoms with van der Waals surface area (Å²) in [5.74, 6) is -4.03. The monoisotopic (exact) mass is 394 g/mol. The number of rotatable bonds is 7. The molecule has 0 bridgehead atoms. The first-order valence-corrected chi connectivity index (χ1v) is 8.47. The number of hydrogen-bond donors (Lipinski definition) is 1. The average molecular weight is 394 g/mol. The Morgan fingerprint density at radius 1 is 1.07 bits per heavy atom. The fourth-order valence-electron chi connectivity index (χ4n) is 2.55. The van der Waals surface area contributed by atoms with E-state index >= 15 is 0 Å². The van der Waals surface area contributed by atoms with E-state index in [-0.39, 0.29) is 18.8 Å². The molecular weight excluding hydrogens is 374 g/mol. The van der Waals surface area contributed by atoms with Crippen molar-refractivity contribution in [3.05, 3.63) is 52.9 Å². The number of benzene rings is 1. The molecule has 7 nitrogen and oxygen atoms in total. The number of hydrogen-bond acceptors (Lipinski definition) is 5. The Kier molecular flexibility index (Phi) is 6.86. The van der Waals surface area contributed by atoms with Crippen LogP contribution in [0.25, 0.3) is 0 Å². The third-order valence-electron chi connectivity index (χ3n) is 3.92. The van der Waals surface area contributed by atoms with Crippen molar-refractivity contribution in [1.29, 1.82) is 0 Å². The van der Waals surface area contributed by atoms with Gasteiger partial charge in [-0.1, -0.05) is 0 Å². The van der Waals surface area contributed by atoms with Crippen LogP contribution in [-0.4, -0.2) is 35.6 Å². The largest absolute Gasteiger partial charge is 0.462 e. The molecule has 1 heterocycles. The van der Waals surface area contributed by atoms with Crippen LogP contribution >= 0.6 is 0 Å². The molecule has 0 aliphatic rings. The first-order chi connectivity index (χ1) is 13.2. The Balaban J connectivity index is 1.92. The maximum Gasteiger partial charge on any atom is 0.339 e. The first kappa shape index (κ1) is 21.1. The quantitative estimate of drug-likeness (QED) is 0.730. The summed E-state index contributed by atoms with van der Waals surface area (Å²) in [6.07, 6.45) is 0. The molecule has 2 rings (SSSR count). The van der Waals surface area contributed by atoms with Crippen molar-refractivity contribution in [3.8, 4) is 0 Å². The zero-order valence-electron chi connectivity index (χ0n) is 15.7. The summed E-state index contributed by atoms with van der Waals surface area (Å²) in [7, 11) is 0. The molecule has 1 amide bonds. The lowest BCUT2D eigenvalue weighted by molar-refractivity contribution is -0.147. The second-order valence-electron chi connectivity index (χ2n) is 5.93. The Morgan fingerprint density at radius 3 is 2.43 bits per heavy atom. The van der Waals surface area contributed by atoms with E-state index in [1.54, 1.807) is 31.4 Å². The van der Waals surface area contributed by atoms with Crippen molar-refractivity contribution < 1.29 is 32.6 Å². The van der Waals surface area contributed by atoms with Gasteiger partial charge in [-0.05, 0) is 39.0 Å². The van der Waals surface area contributed by atoms with E-state index in [2.05, 4.69) is 5.32 Å². The van der Waals surface area contributed by atoms with Gasteiger partial charge in [-0.25, -0.2) is 13.6 Å². The highest BCUT2D eigenvalue weighted by molar-refractivity contribution is 5.93. The lowest BCUT2D eigenvalue weighted by Gasteiger charge is -2.10. The summed E-state index contributed by atoms with van der Waals surface area (Å²) in [4.78, 5) is 35.7. The van der Waals surface area contributed by atoms with E-state index in [9.17, 15) is 23.2 Å². The van der Waals surface area contributed by atoms with Crippen molar-refractivity contribution >= 4 is 23.5 Å². The number of amides is 1. The highest BCUT2D eigenvalue weighted by atomic mass is 19.2. The number of aromatic nitrogens is 1. The summed E-state index contributed by atoms with van der Waals surface area (Å²) >= 11 is 0. The lowest BCUT2D eigenvalue weighted by Crippen LogP contribution is -2.23. The Labute approximate surface area is 160 Å². The van der Waals surface area contributed by atoms with Crippen molar-refractivity contribution in [3.63, 3.8) is 0 Å². The number of carbonyl (C=O) groups is 3. The van der Waals surface area contributed by atoms with Gasteiger partial charge in [-0.3, -0.25) is 9.59 Å². The smallest absolute Gasteiger partial charge is 0.339 e. The number of esters is 2. The van der Waals surface area contributed by atoms with Crippen molar-refractivity contribution in [1.82, 2.24) is 4.57 Å². The fraction of sp³-hybridized carbons (Fsp3) is 0.316. The van der Waals surface area contributed by atoms with Gasteiger partial charge in [0.15, 0.2) is 18.2 Å². The molecule has 0 fully saturated rings. The molecule has 150 valence electrons. The minimum absolute atomic E-state index is 0.0381. The van der Waals surface area contributed by atoms with Gasteiger partial charge >= 0.3 is 11.9 Å². The molecule has 9 heteroatoms.